The normalized spacial score (nSPS) is 8.09. The monoisotopic (exact) mass is 326 g/mol. The third-order valence-corrected chi connectivity index (χ3v) is 2.71. The van der Waals surface area contributed by atoms with Crippen LogP contribution in [0.15, 0.2) is 48.5 Å². The predicted molar refractivity (Wildman–Crippen MR) is 101 cm³/mol. The maximum Gasteiger partial charge on any atom is 0.127 e. The zero-order chi connectivity index (χ0) is 15.4. The van der Waals surface area contributed by atoms with Crippen molar-refractivity contribution in [1.29, 1.82) is 0 Å². The number of hydrogen-bond donors (Lipinski definition) is 0. The van der Waals surface area contributed by atoms with Gasteiger partial charge in [-0.1, -0.05) is 95.6 Å². The van der Waals surface area contributed by atoms with Crippen molar-refractivity contribution in [2.24, 2.45) is 0 Å². The van der Waals surface area contributed by atoms with E-state index in [1.807, 2.05) is 25.1 Å². The Morgan fingerprint density at radius 3 is 1.64 bits per heavy atom. The van der Waals surface area contributed by atoms with Crippen LogP contribution in [-0.4, -0.2) is 0 Å². The van der Waals surface area contributed by atoms with E-state index in [1.54, 1.807) is 12.1 Å². The fourth-order valence-electron chi connectivity index (χ4n) is 1.40. The van der Waals surface area contributed by atoms with Gasteiger partial charge in [0, 0.05) is 10.6 Å². The van der Waals surface area contributed by atoms with E-state index in [2.05, 4.69) is 32.9 Å². The van der Waals surface area contributed by atoms with Gasteiger partial charge in [0.1, 0.15) is 5.82 Å². The van der Waals surface area contributed by atoms with E-state index in [9.17, 15) is 4.39 Å². The van der Waals surface area contributed by atoms with E-state index in [1.165, 1.54) is 18.1 Å². The van der Waals surface area contributed by atoms with Gasteiger partial charge < -0.3 is 0 Å². The number of rotatable bonds is 1. The zero-order valence-electron chi connectivity index (χ0n) is 12.8. The molecule has 2 aromatic rings. The Morgan fingerprint density at radius 2 is 1.36 bits per heavy atom. The van der Waals surface area contributed by atoms with Crippen LogP contribution in [0.2, 0.25) is 5.02 Å². The molecule has 0 amide bonds. The summed E-state index contributed by atoms with van der Waals surface area (Å²) in [4.78, 5) is 0. The smallest absolute Gasteiger partial charge is 0.127 e. The predicted octanol–water partition coefficient (Wildman–Crippen LogP) is 7.73. The van der Waals surface area contributed by atoms with Gasteiger partial charge in [-0.05, 0) is 25.5 Å². The minimum Gasteiger partial charge on any atom is -0.207 e. The van der Waals surface area contributed by atoms with Gasteiger partial charge in [-0.2, -0.15) is 0 Å². The molecule has 0 aromatic heterocycles. The average molecular weight is 327 g/mol. The molecule has 2 rings (SSSR count). The molecule has 0 fully saturated rings. The van der Waals surface area contributed by atoms with Crippen molar-refractivity contribution in [2.75, 3.05) is 0 Å². The molecule has 0 aliphatic rings. The van der Waals surface area contributed by atoms with Crippen LogP contribution in [0.3, 0.4) is 0 Å². The van der Waals surface area contributed by atoms with E-state index >= 15 is 0 Å². The average Bonchev–Trinajstić information content (AvgIpc) is 2.41. The topological polar surface area (TPSA) is 0 Å². The van der Waals surface area contributed by atoms with Gasteiger partial charge in [-0.25, -0.2) is 4.39 Å². The number of benzene rings is 2. The van der Waals surface area contributed by atoms with Gasteiger partial charge in [-0.15, -0.1) is 0 Å². The Bertz CT molecular complexity index is 446. The standard InChI is InChI=1S/C8H8ClF.C7H8.C3H8.2CH4/c1-2-6-7(9)4-3-5-8(6)10;1-7-5-3-2-4-6-7;1-3-2;;/h3-5H,2H2,1H3;2-6H,1H3;3H2,1-2H3;2*1H4. The summed E-state index contributed by atoms with van der Waals surface area (Å²) in [5, 5.41) is 0.516. The molecule has 0 heterocycles. The highest BCUT2D eigenvalue weighted by Crippen LogP contribution is 2.18. The van der Waals surface area contributed by atoms with Crippen LogP contribution >= 0.6 is 11.6 Å². The summed E-state index contributed by atoms with van der Waals surface area (Å²) in [6.45, 7) is 8.21. The summed E-state index contributed by atoms with van der Waals surface area (Å²) in [6.07, 6.45) is 1.89. The number of hydrogen-bond acceptors (Lipinski definition) is 0. The summed E-state index contributed by atoms with van der Waals surface area (Å²) in [5.41, 5.74) is 1.92. The third kappa shape index (κ3) is 11.3. The summed E-state index contributed by atoms with van der Waals surface area (Å²) in [7, 11) is 0. The van der Waals surface area contributed by atoms with Crippen LogP contribution in [0, 0.1) is 12.7 Å². The van der Waals surface area contributed by atoms with Crippen molar-refractivity contribution in [3.63, 3.8) is 0 Å². The molecule has 2 heteroatoms. The van der Waals surface area contributed by atoms with Crippen LogP contribution < -0.4 is 0 Å². The highest BCUT2D eigenvalue weighted by molar-refractivity contribution is 6.31. The van der Waals surface area contributed by atoms with Gasteiger partial charge in [-0.3, -0.25) is 0 Å². The Kier molecular flexibility index (Phi) is 18.7. The Hall–Kier alpha value is -1.34. The molecule has 22 heavy (non-hydrogen) atoms. The molecular formula is C20H32ClF. The van der Waals surface area contributed by atoms with E-state index < -0.39 is 0 Å². The van der Waals surface area contributed by atoms with E-state index in [0.717, 1.165) is 0 Å². The molecule has 2 aromatic carbocycles. The highest BCUT2D eigenvalue weighted by atomic mass is 35.5. The zero-order valence-corrected chi connectivity index (χ0v) is 13.5. The first kappa shape index (κ1) is 25.6. The van der Waals surface area contributed by atoms with E-state index in [-0.39, 0.29) is 20.7 Å². The van der Waals surface area contributed by atoms with Crippen LogP contribution in [0.1, 0.15) is 53.2 Å². The fraction of sp³-hybridized carbons (Fsp3) is 0.400. The Balaban J connectivity index is -0.000000267. The van der Waals surface area contributed by atoms with Gasteiger partial charge in [0.2, 0.25) is 0 Å². The molecule has 0 bridgehead atoms. The van der Waals surface area contributed by atoms with Crippen molar-refractivity contribution in [1.82, 2.24) is 0 Å². The van der Waals surface area contributed by atoms with Crippen molar-refractivity contribution < 1.29 is 4.39 Å². The van der Waals surface area contributed by atoms with Gasteiger partial charge >= 0.3 is 0 Å². The maximum absolute atomic E-state index is 12.8. The molecule has 0 aliphatic heterocycles. The van der Waals surface area contributed by atoms with Crippen LogP contribution in [0.4, 0.5) is 4.39 Å². The lowest BCUT2D eigenvalue weighted by molar-refractivity contribution is 0.612. The highest BCUT2D eigenvalue weighted by Gasteiger charge is 2.02. The third-order valence-electron chi connectivity index (χ3n) is 2.36. The van der Waals surface area contributed by atoms with Crippen LogP contribution in [0.5, 0.6) is 0 Å². The van der Waals surface area contributed by atoms with Gasteiger partial charge in [0.15, 0.2) is 0 Å². The molecule has 0 unspecified atom stereocenters. The first-order valence-electron chi connectivity index (χ1n) is 7.01. The molecule has 126 valence electrons. The van der Waals surface area contributed by atoms with E-state index in [0.29, 0.717) is 17.0 Å². The van der Waals surface area contributed by atoms with Crippen molar-refractivity contribution in [3.05, 3.63) is 70.5 Å². The molecule has 0 saturated heterocycles. The van der Waals surface area contributed by atoms with Crippen molar-refractivity contribution >= 4 is 11.6 Å². The first-order chi connectivity index (χ1) is 9.56. The summed E-state index contributed by atoms with van der Waals surface area (Å²) in [6, 6.07) is 15.0. The number of aryl methyl sites for hydroxylation is 1. The van der Waals surface area contributed by atoms with Gasteiger partial charge in [0.25, 0.3) is 0 Å². The van der Waals surface area contributed by atoms with Gasteiger partial charge in [0.05, 0.1) is 0 Å². The summed E-state index contributed by atoms with van der Waals surface area (Å²) >= 11 is 5.69. The molecule has 0 spiro atoms. The van der Waals surface area contributed by atoms with Crippen molar-refractivity contribution in [2.45, 2.75) is 55.4 Å². The molecule has 0 radical (unpaired) electrons. The minimum atomic E-state index is -0.213. The minimum absolute atomic E-state index is 0. The molecule has 0 N–H and O–H groups in total. The molecule has 0 aliphatic carbocycles. The Labute approximate surface area is 142 Å². The van der Waals surface area contributed by atoms with Crippen molar-refractivity contribution in [3.8, 4) is 0 Å². The summed E-state index contributed by atoms with van der Waals surface area (Å²) < 4.78 is 12.8. The van der Waals surface area contributed by atoms with Crippen LogP contribution in [-0.2, 0) is 6.42 Å². The number of halogens is 2. The lowest BCUT2D eigenvalue weighted by Gasteiger charge is -1.99. The molecule has 0 nitrogen and oxygen atoms in total. The molecule has 0 saturated carbocycles. The quantitative estimate of drug-likeness (QED) is 0.503. The SMILES string of the molecule is C.C.CCC.CCc1c(F)cccc1Cl.Cc1ccccc1. The second kappa shape index (κ2) is 16.0. The molecule has 0 atom stereocenters. The Morgan fingerprint density at radius 1 is 0.864 bits per heavy atom. The molecular weight excluding hydrogens is 295 g/mol. The van der Waals surface area contributed by atoms with E-state index in [4.69, 9.17) is 11.6 Å². The van der Waals surface area contributed by atoms with Crippen LogP contribution in [0.25, 0.3) is 0 Å². The lowest BCUT2D eigenvalue weighted by Crippen LogP contribution is -1.87. The fourth-order valence-corrected chi connectivity index (χ4v) is 1.70. The lowest BCUT2D eigenvalue weighted by atomic mass is 10.1. The summed E-state index contributed by atoms with van der Waals surface area (Å²) in [5.74, 6) is -0.213. The maximum atomic E-state index is 12.8. The second-order valence-corrected chi connectivity index (χ2v) is 4.82. The first-order valence-corrected chi connectivity index (χ1v) is 7.39. The largest absolute Gasteiger partial charge is 0.207 e. The second-order valence-electron chi connectivity index (χ2n) is 4.42.